The van der Waals surface area contributed by atoms with Crippen molar-refractivity contribution in [2.45, 2.75) is 39.3 Å². The predicted molar refractivity (Wildman–Crippen MR) is 55.2 cm³/mol. The van der Waals surface area contributed by atoms with Crippen LogP contribution < -0.4 is 5.32 Å². The third kappa shape index (κ3) is 4.58. The molecule has 0 amide bonds. The molecule has 0 bridgehead atoms. The quantitative estimate of drug-likeness (QED) is 0.653. The first-order valence-electron chi connectivity index (χ1n) is 4.91. The van der Waals surface area contributed by atoms with E-state index in [0.29, 0.717) is 13.2 Å². The highest BCUT2D eigenvalue weighted by Crippen LogP contribution is 2.06. The van der Waals surface area contributed by atoms with Gasteiger partial charge in [-0.1, -0.05) is 0 Å². The number of carbonyl (C=O) groups is 1. The van der Waals surface area contributed by atoms with Gasteiger partial charge in [0, 0.05) is 6.61 Å². The minimum atomic E-state index is -0.638. The lowest BCUT2D eigenvalue weighted by atomic mass is 10.1. The molecule has 0 spiro atoms. The van der Waals surface area contributed by atoms with Gasteiger partial charge in [0.25, 0.3) is 0 Å². The molecular weight excluding hydrogens is 182 g/mol. The lowest BCUT2D eigenvalue weighted by molar-refractivity contribution is -0.157. The molecule has 0 heterocycles. The van der Waals surface area contributed by atoms with E-state index in [0.717, 1.165) is 0 Å². The van der Waals surface area contributed by atoms with Crippen molar-refractivity contribution < 1.29 is 14.3 Å². The maximum atomic E-state index is 11.5. The van der Waals surface area contributed by atoms with Gasteiger partial charge in [0.15, 0.2) is 0 Å². The molecule has 4 heteroatoms. The van der Waals surface area contributed by atoms with Crippen LogP contribution in [0.5, 0.6) is 0 Å². The van der Waals surface area contributed by atoms with E-state index in [2.05, 4.69) is 5.32 Å². The summed E-state index contributed by atoms with van der Waals surface area (Å²) >= 11 is 0. The number of ether oxygens (including phenoxy) is 2. The second-order valence-corrected chi connectivity index (χ2v) is 3.75. The van der Waals surface area contributed by atoms with E-state index in [1.54, 1.807) is 20.9 Å². The molecule has 0 rings (SSSR count). The van der Waals surface area contributed by atoms with Crippen molar-refractivity contribution >= 4 is 5.97 Å². The minimum absolute atomic E-state index is 0.199. The molecular formula is C10H21NO3. The fraction of sp³-hybridized carbons (Fsp3) is 0.900. The third-order valence-electron chi connectivity index (χ3n) is 2.00. The summed E-state index contributed by atoms with van der Waals surface area (Å²) in [5.74, 6) is -0.257. The lowest BCUT2D eigenvalue weighted by Gasteiger charge is -2.24. The Hall–Kier alpha value is -0.610. The zero-order chi connectivity index (χ0) is 11.2. The molecule has 0 aliphatic rings. The Kier molecular flexibility index (Phi) is 5.72. The van der Waals surface area contributed by atoms with Gasteiger partial charge in [0.1, 0.15) is 11.6 Å². The van der Waals surface area contributed by atoms with Gasteiger partial charge in [-0.3, -0.25) is 4.79 Å². The maximum Gasteiger partial charge on any atom is 0.326 e. The van der Waals surface area contributed by atoms with Crippen LogP contribution in [0.25, 0.3) is 0 Å². The predicted octanol–water partition coefficient (Wildman–Crippen LogP) is 0.953. The molecule has 1 N–H and O–H groups in total. The summed E-state index contributed by atoms with van der Waals surface area (Å²) < 4.78 is 10.3. The first kappa shape index (κ1) is 13.4. The third-order valence-corrected chi connectivity index (χ3v) is 2.00. The highest BCUT2D eigenvalue weighted by Gasteiger charge is 2.28. The van der Waals surface area contributed by atoms with Crippen molar-refractivity contribution in [3.8, 4) is 0 Å². The van der Waals surface area contributed by atoms with Crippen molar-refractivity contribution in [1.29, 1.82) is 0 Å². The Labute approximate surface area is 86.0 Å². The van der Waals surface area contributed by atoms with Crippen LogP contribution in [-0.2, 0) is 14.3 Å². The number of hydrogen-bond acceptors (Lipinski definition) is 4. The van der Waals surface area contributed by atoms with E-state index < -0.39 is 5.54 Å². The molecule has 4 nitrogen and oxygen atoms in total. The van der Waals surface area contributed by atoms with Gasteiger partial charge in [-0.05, 0) is 34.7 Å². The van der Waals surface area contributed by atoms with Crippen LogP contribution in [0.15, 0.2) is 0 Å². The summed E-state index contributed by atoms with van der Waals surface area (Å²) in [5.41, 5.74) is -0.638. The van der Waals surface area contributed by atoms with Gasteiger partial charge in [0.05, 0.1) is 6.61 Å². The Morgan fingerprint density at radius 1 is 1.50 bits per heavy atom. The number of carbonyl (C=O) groups excluding carboxylic acids is 1. The van der Waals surface area contributed by atoms with Crippen molar-refractivity contribution in [3.63, 3.8) is 0 Å². The van der Waals surface area contributed by atoms with Crippen molar-refractivity contribution in [2.24, 2.45) is 0 Å². The van der Waals surface area contributed by atoms with E-state index in [-0.39, 0.29) is 12.1 Å². The molecule has 0 aliphatic heterocycles. The van der Waals surface area contributed by atoms with E-state index in [4.69, 9.17) is 9.47 Å². The Morgan fingerprint density at radius 3 is 2.50 bits per heavy atom. The Morgan fingerprint density at radius 2 is 2.07 bits per heavy atom. The minimum Gasteiger partial charge on any atom is -0.459 e. The molecule has 1 atom stereocenters. The first-order chi connectivity index (χ1) is 6.44. The van der Waals surface area contributed by atoms with E-state index >= 15 is 0 Å². The van der Waals surface area contributed by atoms with Crippen molar-refractivity contribution in [1.82, 2.24) is 5.32 Å². The fourth-order valence-electron chi connectivity index (χ4n) is 0.750. The molecule has 0 radical (unpaired) electrons. The van der Waals surface area contributed by atoms with Crippen LogP contribution in [0.4, 0.5) is 0 Å². The molecule has 0 aromatic rings. The number of hydrogen-bond donors (Lipinski definition) is 1. The standard InChI is InChI=1S/C10H21NO3/c1-6-13-7-8(2)14-9(12)10(3,4)11-5/h8,11H,6-7H2,1-5H3. The van der Waals surface area contributed by atoms with Crippen LogP contribution in [0.2, 0.25) is 0 Å². The van der Waals surface area contributed by atoms with Crippen molar-refractivity contribution in [3.05, 3.63) is 0 Å². The largest absolute Gasteiger partial charge is 0.459 e. The SMILES string of the molecule is CCOCC(C)OC(=O)C(C)(C)NC. The Bertz CT molecular complexity index is 180. The Balaban J connectivity index is 3.93. The van der Waals surface area contributed by atoms with Gasteiger partial charge in [-0.15, -0.1) is 0 Å². The normalized spacial score (nSPS) is 13.8. The van der Waals surface area contributed by atoms with Crippen LogP contribution in [-0.4, -0.2) is 37.9 Å². The number of likely N-dealkylation sites (N-methyl/N-ethyl adjacent to an activating group) is 1. The molecule has 0 aliphatic carbocycles. The zero-order valence-electron chi connectivity index (χ0n) is 9.72. The number of esters is 1. The van der Waals surface area contributed by atoms with Crippen molar-refractivity contribution in [2.75, 3.05) is 20.3 Å². The second kappa shape index (κ2) is 5.98. The van der Waals surface area contributed by atoms with Gasteiger partial charge >= 0.3 is 5.97 Å². The smallest absolute Gasteiger partial charge is 0.326 e. The number of nitrogens with one attached hydrogen (secondary N) is 1. The van der Waals surface area contributed by atoms with E-state index in [1.807, 2.05) is 13.8 Å². The van der Waals surface area contributed by atoms with Gasteiger partial charge < -0.3 is 14.8 Å². The van der Waals surface area contributed by atoms with Gasteiger partial charge in [-0.2, -0.15) is 0 Å². The summed E-state index contributed by atoms with van der Waals surface area (Å²) in [5, 5.41) is 2.89. The molecule has 0 saturated carbocycles. The van der Waals surface area contributed by atoms with Gasteiger partial charge in [0.2, 0.25) is 0 Å². The molecule has 0 aromatic heterocycles. The molecule has 0 saturated heterocycles. The van der Waals surface area contributed by atoms with Crippen LogP contribution in [0.1, 0.15) is 27.7 Å². The van der Waals surface area contributed by atoms with Gasteiger partial charge in [-0.25, -0.2) is 0 Å². The maximum absolute atomic E-state index is 11.5. The lowest BCUT2D eigenvalue weighted by Crippen LogP contribution is -2.47. The van der Waals surface area contributed by atoms with E-state index in [1.165, 1.54) is 0 Å². The fourth-order valence-corrected chi connectivity index (χ4v) is 0.750. The topological polar surface area (TPSA) is 47.6 Å². The second-order valence-electron chi connectivity index (χ2n) is 3.75. The highest BCUT2D eigenvalue weighted by atomic mass is 16.6. The van der Waals surface area contributed by atoms with E-state index in [9.17, 15) is 4.79 Å². The highest BCUT2D eigenvalue weighted by molar-refractivity contribution is 5.79. The average Bonchev–Trinajstić information content (AvgIpc) is 2.14. The van der Waals surface area contributed by atoms with Crippen LogP contribution in [0.3, 0.4) is 0 Å². The molecule has 0 fully saturated rings. The zero-order valence-corrected chi connectivity index (χ0v) is 9.72. The summed E-state index contributed by atoms with van der Waals surface area (Å²) in [6.45, 7) is 8.37. The summed E-state index contributed by atoms with van der Waals surface area (Å²) in [6.07, 6.45) is -0.199. The first-order valence-corrected chi connectivity index (χ1v) is 4.91. The molecule has 0 aromatic carbocycles. The van der Waals surface area contributed by atoms with Crippen LogP contribution >= 0.6 is 0 Å². The molecule has 84 valence electrons. The van der Waals surface area contributed by atoms with Crippen LogP contribution in [0, 0.1) is 0 Å². The number of rotatable bonds is 6. The molecule has 1 unspecified atom stereocenters. The summed E-state index contributed by atoms with van der Waals surface area (Å²) in [7, 11) is 1.73. The molecule has 14 heavy (non-hydrogen) atoms. The summed E-state index contributed by atoms with van der Waals surface area (Å²) in [6, 6.07) is 0. The summed E-state index contributed by atoms with van der Waals surface area (Å²) in [4.78, 5) is 11.5. The average molecular weight is 203 g/mol. The monoisotopic (exact) mass is 203 g/mol.